The minimum atomic E-state index is 0.330. The van der Waals surface area contributed by atoms with Gasteiger partial charge in [-0.3, -0.25) is 0 Å². The first-order valence-corrected chi connectivity index (χ1v) is 6.20. The highest BCUT2D eigenvalue weighted by molar-refractivity contribution is 4.74. The average Bonchev–Trinajstić information content (AvgIpc) is 2.07. The molecule has 0 aromatic heterocycles. The highest BCUT2D eigenvalue weighted by Gasteiger charge is 2.18. The Balaban J connectivity index is 3.95. The van der Waals surface area contributed by atoms with E-state index >= 15 is 0 Å². The van der Waals surface area contributed by atoms with Crippen molar-refractivity contribution in [2.45, 2.75) is 66.5 Å². The summed E-state index contributed by atoms with van der Waals surface area (Å²) in [5.41, 5.74) is 0.367. The molecule has 0 aliphatic heterocycles. The Kier molecular flexibility index (Phi) is 7.20. The Hall–Kier alpha value is -0.0800. The van der Waals surface area contributed by atoms with Crippen LogP contribution in [0.25, 0.3) is 0 Å². The van der Waals surface area contributed by atoms with Crippen LogP contribution in [-0.4, -0.2) is 25.3 Å². The summed E-state index contributed by atoms with van der Waals surface area (Å²) in [5, 5.41) is 3.56. The number of rotatable bonds is 7. The van der Waals surface area contributed by atoms with Crippen molar-refractivity contribution < 1.29 is 4.74 Å². The number of hydrogen-bond donors (Lipinski definition) is 1. The summed E-state index contributed by atoms with van der Waals surface area (Å²) in [7, 11) is 0. The summed E-state index contributed by atoms with van der Waals surface area (Å²) in [4.78, 5) is 0. The van der Waals surface area contributed by atoms with Crippen molar-refractivity contribution in [3.05, 3.63) is 0 Å². The summed E-state index contributed by atoms with van der Waals surface area (Å²) < 4.78 is 5.68. The maximum absolute atomic E-state index is 5.68. The minimum absolute atomic E-state index is 0.330. The molecular weight excluding hydrogens is 186 g/mol. The average molecular weight is 215 g/mol. The molecule has 0 bridgehead atoms. The van der Waals surface area contributed by atoms with E-state index in [1.165, 1.54) is 12.8 Å². The first-order chi connectivity index (χ1) is 6.85. The Morgan fingerprint density at radius 2 is 1.80 bits per heavy atom. The quantitative estimate of drug-likeness (QED) is 0.704. The van der Waals surface area contributed by atoms with Crippen LogP contribution < -0.4 is 5.32 Å². The van der Waals surface area contributed by atoms with Crippen molar-refractivity contribution in [1.29, 1.82) is 0 Å². The van der Waals surface area contributed by atoms with Gasteiger partial charge in [0.15, 0.2) is 0 Å². The molecule has 92 valence electrons. The summed E-state index contributed by atoms with van der Waals surface area (Å²) >= 11 is 0. The van der Waals surface area contributed by atoms with Gasteiger partial charge < -0.3 is 10.1 Å². The van der Waals surface area contributed by atoms with E-state index in [1.807, 2.05) is 0 Å². The zero-order valence-corrected chi connectivity index (χ0v) is 11.4. The second kappa shape index (κ2) is 7.24. The van der Waals surface area contributed by atoms with Crippen LogP contribution in [0, 0.1) is 5.41 Å². The van der Waals surface area contributed by atoms with Crippen molar-refractivity contribution in [3.63, 3.8) is 0 Å². The summed E-state index contributed by atoms with van der Waals surface area (Å²) in [5.74, 6) is 0. The maximum Gasteiger partial charge on any atom is 0.0623 e. The SMILES string of the molecule is CCCNC(COC(C)C)CC(C)(C)C. The summed E-state index contributed by atoms with van der Waals surface area (Å²) in [6.07, 6.45) is 2.68. The van der Waals surface area contributed by atoms with E-state index in [-0.39, 0.29) is 0 Å². The largest absolute Gasteiger partial charge is 0.377 e. The van der Waals surface area contributed by atoms with Gasteiger partial charge in [0.1, 0.15) is 0 Å². The first kappa shape index (κ1) is 14.9. The van der Waals surface area contributed by atoms with Gasteiger partial charge in [0, 0.05) is 6.04 Å². The molecule has 0 fully saturated rings. The summed E-state index contributed by atoms with van der Waals surface area (Å²) in [6.45, 7) is 15.1. The van der Waals surface area contributed by atoms with E-state index in [1.54, 1.807) is 0 Å². The van der Waals surface area contributed by atoms with Gasteiger partial charge in [-0.15, -0.1) is 0 Å². The lowest BCUT2D eigenvalue weighted by atomic mass is 9.88. The van der Waals surface area contributed by atoms with Crippen LogP contribution in [0.2, 0.25) is 0 Å². The second-order valence-electron chi connectivity index (χ2n) is 5.80. The van der Waals surface area contributed by atoms with Crippen molar-refractivity contribution in [2.24, 2.45) is 5.41 Å². The Labute approximate surface area is 95.8 Å². The zero-order chi connectivity index (χ0) is 11.9. The van der Waals surface area contributed by atoms with Crippen molar-refractivity contribution in [3.8, 4) is 0 Å². The molecule has 0 saturated heterocycles. The molecule has 1 atom stereocenters. The monoisotopic (exact) mass is 215 g/mol. The first-order valence-electron chi connectivity index (χ1n) is 6.20. The van der Waals surface area contributed by atoms with Crippen LogP contribution in [-0.2, 0) is 4.74 Å². The molecule has 0 aliphatic rings. The van der Waals surface area contributed by atoms with Gasteiger partial charge in [-0.1, -0.05) is 27.7 Å². The molecule has 15 heavy (non-hydrogen) atoms. The van der Waals surface area contributed by atoms with Crippen molar-refractivity contribution in [1.82, 2.24) is 5.32 Å². The highest BCUT2D eigenvalue weighted by atomic mass is 16.5. The second-order valence-corrected chi connectivity index (χ2v) is 5.80. The fourth-order valence-electron chi connectivity index (χ4n) is 1.59. The lowest BCUT2D eigenvalue weighted by Crippen LogP contribution is -2.38. The van der Waals surface area contributed by atoms with Gasteiger partial charge in [0.05, 0.1) is 12.7 Å². The van der Waals surface area contributed by atoms with Gasteiger partial charge >= 0.3 is 0 Å². The lowest BCUT2D eigenvalue weighted by Gasteiger charge is -2.27. The molecule has 0 saturated carbocycles. The third-order valence-electron chi connectivity index (χ3n) is 2.17. The smallest absolute Gasteiger partial charge is 0.0623 e. The molecule has 0 heterocycles. The molecule has 0 aromatic rings. The Morgan fingerprint density at radius 3 is 2.20 bits per heavy atom. The molecule has 0 amide bonds. The molecule has 0 radical (unpaired) electrons. The highest BCUT2D eigenvalue weighted by Crippen LogP contribution is 2.21. The predicted molar refractivity (Wildman–Crippen MR) is 67.2 cm³/mol. The maximum atomic E-state index is 5.68. The van der Waals surface area contributed by atoms with Crippen LogP contribution in [0.4, 0.5) is 0 Å². The normalized spacial score (nSPS) is 14.6. The van der Waals surface area contributed by atoms with Gasteiger partial charge in [-0.05, 0) is 38.6 Å². The van der Waals surface area contributed by atoms with Gasteiger partial charge in [0.25, 0.3) is 0 Å². The Morgan fingerprint density at radius 1 is 1.20 bits per heavy atom. The van der Waals surface area contributed by atoms with Gasteiger partial charge in [0.2, 0.25) is 0 Å². The molecule has 0 aliphatic carbocycles. The molecular formula is C13H29NO. The third kappa shape index (κ3) is 10.2. The predicted octanol–water partition coefficient (Wildman–Crippen LogP) is 3.22. The summed E-state index contributed by atoms with van der Waals surface area (Å²) in [6, 6.07) is 0.493. The fourth-order valence-corrected chi connectivity index (χ4v) is 1.59. The molecule has 0 rings (SSSR count). The zero-order valence-electron chi connectivity index (χ0n) is 11.4. The van der Waals surface area contributed by atoms with Crippen LogP contribution in [0.15, 0.2) is 0 Å². The van der Waals surface area contributed by atoms with Crippen molar-refractivity contribution >= 4 is 0 Å². The minimum Gasteiger partial charge on any atom is -0.377 e. The number of ether oxygens (including phenoxy) is 1. The number of nitrogens with one attached hydrogen (secondary N) is 1. The van der Waals surface area contributed by atoms with E-state index in [9.17, 15) is 0 Å². The fraction of sp³-hybridized carbons (Fsp3) is 1.00. The van der Waals surface area contributed by atoms with Crippen LogP contribution >= 0.6 is 0 Å². The van der Waals surface area contributed by atoms with Crippen LogP contribution in [0.5, 0.6) is 0 Å². The van der Waals surface area contributed by atoms with E-state index < -0.39 is 0 Å². The molecule has 0 spiro atoms. The van der Waals surface area contributed by atoms with Gasteiger partial charge in [-0.25, -0.2) is 0 Å². The third-order valence-corrected chi connectivity index (χ3v) is 2.17. The van der Waals surface area contributed by atoms with E-state index in [0.29, 0.717) is 17.6 Å². The molecule has 0 aromatic carbocycles. The lowest BCUT2D eigenvalue weighted by molar-refractivity contribution is 0.0523. The molecule has 2 nitrogen and oxygen atoms in total. The Bertz CT molecular complexity index is 149. The molecule has 1 unspecified atom stereocenters. The van der Waals surface area contributed by atoms with Crippen LogP contribution in [0.3, 0.4) is 0 Å². The van der Waals surface area contributed by atoms with Crippen molar-refractivity contribution in [2.75, 3.05) is 13.2 Å². The molecule has 1 N–H and O–H groups in total. The van der Waals surface area contributed by atoms with Crippen LogP contribution in [0.1, 0.15) is 54.4 Å². The number of hydrogen-bond acceptors (Lipinski definition) is 2. The van der Waals surface area contributed by atoms with E-state index in [4.69, 9.17) is 4.74 Å². The molecule has 2 heteroatoms. The standard InChI is InChI=1S/C13H29NO/c1-7-8-14-12(9-13(4,5)6)10-15-11(2)3/h11-12,14H,7-10H2,1-6H3. The van der Waals surface area contributed by atoms with E-state index in [0.717, 1.165) is 13.2 Å². The van der Waals surface area contributed by atoms with Gasteiger partial charge in [-0.2, -0.15) is 0 Å². The topological polar surface area (TPSA) is 21.3 Å². The van der Waals surface area contributed by atoms with E-state index in [2.05, 4.69) is 46.9 Å².